The van der Waals surface area contributed by atoms with Crippen molar-refractivity contribution in [2.24, 2.45) is 0 Å². The Hall–Kier alpha value is -3.66. The first-order chi connectivity index (χ1) is 16.5. The first kappa shape index (κ1) is 25.0. The molecule has 3 rings (SSSR count). The van der Waals surface area contributed by atoms with Crippen molar-refractivity contribution in [3.8, 4) is 17.1 Å². The van der Waals surface area contributed by atoms with E-state index in [0.29, 0.717) is 60.9 Å². The average molecular weight is 483 g/mol. The summed E-state index contributed by atoms with van der Waals surface area (Å²) in [6, 6.07) is 11.5. The lowest BCUT2D eigenvalue weighted by molar-refractivity contribution is -0.118. The number of aromatic nitrogens is 2. The van der Waals surface area contributed by atoms with Crippen LogP contribution in [0.4, 0.5) is 11.6 Å². The van der Waals surface area contributed by atoms with Crippen molar-refractivity contribution in [2.45, 2.75) is 20.8 Å². The molecule has 0 unspecified atom stereocenters. The van der Waals surface area contributed by atoms with Crippen LogP contribution in [0, 0.1) is 6.92 Å². The van der Waals surface area contributed by atoms with E-state index in [2.05, 4.69) is 26.3 Å². The van der Waals surface area contributed by atoms with Crippen LogP contribution in [-0.4, -0.2) is 54.6 Å². The predicted molar refractivity (Wildman–Crippen MR) is 136 cm³/mol. The van der Waals surface area contributed by atoms with Crippen LogP contribution >= 0.6 is 11.3 Å². The molecule has 10 heteroatoms. The van der Waals surface area contributed by atoms with Gasteiger partial charge in [0.25, 0.3) is 5.91 Å². The van der Waals surface area contributed by atoms with Gasteiger partial charge in [-0.15, -0.1) is 11.3 Å². The normalized spacial score (nSPS) is 10.4. The fraction of sp³-hybridized carbons (Fsp3) is 0.333. The summed E-state index contributed by atoms with van der Waals surface area (Å²) in [7, 11) is 0. The van der Waals surface area contributed by atoms with Crippen molar-refractivity contribution in [3.63, 3.8) is 0 Å². The van der Waals surface area contributed by atoms with E-state index in [0.717, 1.165) is 11.1 Å². The topological polar surface area (TPSA) is 117 Å². The van der Waals surface area contributed by atoms with Crippen molar-refractivity contribution in [1.29, 1.82) is 0 Å². The minimum Gasteiger partial charge on any atom is -0.492 e. The molecule has 3 aromatic rings. The van der Waals surface area contributed by atoms with Gasteiger partial charge in [0.05, 0.1) is 6.61 Å². The number of benzene rings is 1. The van der Waals surface area contributed by atoms with Gasteiger partial charge in [-0.05, 0) is 25.3 Å². The number of anilines is 2. The third-order valence-corrected chi connectivity index (χ3v) is 5.70. The zero-order valence-electron chi connectivity index (χ0n) is 19.6. The average Bonchev–Trinajstić information content (AvgIpc) is 3.30. The number of hydrogen-bond acceptors (Lipinski definition) is 8. The molecule has 180 valence electrons. The molecule has 34 heavy (non-hydrogen) atoms. The summed E-state index contributed by atoms with van der Waals surface area (Å²) in [5.41, 5.74) is 1.75. The first-order valence-electron chi connectivity index (χ1n) is 11.1. The lowest BCUT2D eigenvalue weighted by Gasteiger charge is -2.16. The third-order valence-electron chi connectivity index (χ3n) is 4.81. The molecule has 2 heterocycles. The van der Waals surface area contributed by atoms with Crippen LogP contribution in [0.2, 0.25) is 0 Å². The van der Waals surface area contributed by atoms with Crippen LogP contribution in [0.5, 0.6) is 5.75 Å². The molecule has 9 nitrogen and oxygen atoms in total. The summed E-state index contributed by atoms with van der Waals surface area (Å²) in [6.07, 6.45) is 0. The quantitative estimate of drug-likeness (QED) is 0.293. The summed E-state index contributed by atoms with van der Waals surface area (Å²) in [4.78, 5) is 33.6. The van der Waals surface area contributed by atoms with Gasteiger partial charge in [0.15, 0.2) is 5.82 Å². The number of nitrogens with one attached hydrogen (secondary N) is 4. The molecule has 0 aliphatic heterocycles. The van der Waals surface area contributed by atoms with Crippen LogP contribution in [0.3, 0.4) is 0 Å². The van der Waals surface area contributed by atoms with E-state index in [-0.39, 0.29) is 11.8 Å². The highest BCUT2D eigenvalue weighted by Crippen LogP contribution is 2.26. The van der Waals surface area contributed by atoms with Crippen LogP contribution < -0.4 is 26.0 Å². The number of hydrogen-bond donors (Lipinski definition) is 4. The number of rotatable bonds is 12. The SMILES string of the molecule is CCOc1ccsc1C(=O)NCCNc1nc(-c2ccccc2)nc(NCCNC(C)=O)c1C. The molecule has 0 aliphatic carbocycles. The molecule has 2 aromatic heterocycles. The summed E-state index contributed by atoms with van der Waals surface area (Å²) in [6.45, 7) is 7.73. The van der Waals surface area contributed by atoms with Crippen molar-refractivity contribution in [1.82, 2.24) is 20.6 Å². The third kappa shape index (κ3) is 6.92. The molecular weight excluding hydrogens is 452 g/mol. The predicted octanol–water partition coefficient (Wildman–Crippen LogP) is 3.30. The van der Waals surface area contributed by atoms with E-state index >= 15 is 0 Å². The maximum absolute atomic E-state index is 12.5. The van der Waals surface area contributed by atoms with Gasteiger partial charge >= 0.3 is 0 Å². The Kier molecular flexibility index (Phi) is 9.21. The molecule has 0 radical (unpaired) electrons. The highest BCUT2D eigenvalue weighted by molar-refractivity contribution is 7.12. The number of carbonyl (C=O) groups excluding carboxylic acids is 2. The second kappa shape index (κ2) is 12.5. The Balaban J connectivity index is 1.66. The largest absolute Gasteiger partial charge is 0.492 e. The summed E-state index contributed by atoms with van der Waals surface area (Å²) < 4.78 is 5.50. The molecule has 2 amide bonds. The number of nitrogens with zero attached hydrogens (tertiary/aromatic N) is 2. The Morgan fingerprint density at radius 3 is 2.21 bits per heavy atom. The number of amides is 2. The van der Waals surface area contributed by atoms with Gasteiger partial charge in [-0.25, -0.2) is 9.97 Å². The molecule has 0 atom stereocenters. The van der Waals surface area contributed by atoms with E-state index in [1.165, 1.54) is 18.3 Å². The molecule has 1 aromatic carbocycles. The highest BCUT2D eigenvalue weighted by atomic mass is 32.1. The zero-order chi connectivity index (χ0) is 24.3. The summed E-state index contributed by atoms with van der Waals surface area (Å²) >= 11 is 1.35. The maximum Gasteiger partial charge on any atom is 0.265 e. The molecular formula is C24H30N6O3S. The highest BCUT2D eigenvalue weighted by Gasteiger charge is 2.15. The lowest BCUT2D eigenvalue weighted by atomic mass is 10.2. The Morgan fingerprint density at radius 2 is 1.59 bits per heavy atom. The van der Waals surface area contributed by atoms with Crippen LogP contribution in [0.25, 0.3) is 11.4 Å². The van der Waals surface area contributed by atoms with Gasteiger partial charge < -0.3 is 26.0 Å². The number of thiophene rings is 1. The second-order valence-electron chi connectivity index (χ2n) is 7.37. The van der Waals surface area contributed by atoms with E-state index in [1.807, 2.05) is 49.6 Å². The van der Waals surface area contributed by atoms with Crippen LogP contribution in [-0.2, 0) is 4.79 Å². The van der Waals surface area contributed by atoms with Gasteiger partial charge in [0, 0.05) is 44.2 Å². The lowest BCUT2D eigenvalue weighted by Crippen LogP contribution is -2.29. The van der Waals surface area contributed by atoms with Gasteiger partial charge in [0.1, 0.15) is 22.3 Å². The molecule has 0 saturated heterocycles. The number of carbonyl (C=O) groups is 2. The van der Waals surface area contributed by atoms with Gasteiger partial charge in [-0.2, -0.15) is 0 Å². The van der Waals surface area contributed by atoms with Crippen LogP contribution in [0.15, 0.2) is 41.8 Å². The van der Waals surface area contributed by atoms with E-state index in [1.54, 1.807) is 6.07 Å². The van der Waals surface area contributed by atoms with E-state index in [4.69, 9.17) is 9.72 Å². The van der Waals surface area contributed by atoms with E-state index in [9.17, 15) is 9.59 Å². The van der Waals surface area contributed by atoms with Gasteiger partial charge in [-0.1, -0.05) is 30.3 Å². The van der Waals surface area contributed by atoms with Crippen molar-refractivity contribution in [2.75, 3.05) is 43.4 Å². The maximum atomic E-state index is 12.5. The molecule has 4 N–H and O–H groups in total. The minimum absolute atomic E-state index is 0.0773. The van der Waals surface area contributed by atoms with Crippen molar-refractivity contribution in [3.05, 3.63) is 52.2 Å². The molecule has 0 saturated carbocycles. The minimum atomic E-state index is -0.162. The Morgan fingerprint density at radius 1 is 0.941 bits per heavy atom. The summed E-state index contributed by atoms with van der Waals surface area (Å²) in [5.74, 6) is 2.31. The monoisotopic (exact) mass is 482 g/mol. The molecule has 0 fully saturated rings. The van der Waals surface area contributed by atoms with Gasteiger partial charge in [0.2, 0.25) is 5.91 Å². The van der Waals surface area contributed by atoms with Gasteiger partial charge in [-0.3, -0.25) is 9.59 Å². The second-order valence-corrected chi connectivity index (χ2v) is 8.29. The fourth-order valence-electron chi connectivity index (χ4n) is 3.17. The first-order valence-corrected chi connectivity index (χ1v) is 12.0. The van der Waals surface area contributed by atoms with E-state index < -0.39 is 0 Å². The van der Waals surface area contributed by atoms with Crippen molar-refractivity contribution >= 4 is 34.8 Å². The Labute approximate surface area is 203 Å². The Bertz CT molecular complexity index is 1100. The molecule has 0 bridgehead atoms. The summed E-state index contributed by atoms with van der Waals surface area (Å²) in [5, 5.41) is 14.1. The fourth-order valence-corrected chi connectivity index (χ4v) is 3.92. The smallest absolute Gasteiger partial charge is 0.265 e. The number of ether oxygens (including phenoxy) is 1. The zero-order valence-corrected chi connectivity index (χ0v) is 20.4. The standard InChI is InChI=1S/C24H30N6O3S/c1-4-33-19-10-15-34-20(19)24(32)28-14-13-27-22-16(2)21(26-12-11-25-17(3)31)29-23(30-22)18-8-6-5-7-9-18/h5-10,15H,4,11-14H2,1-3H3,(H,25,31)(H,28,32)(H2,26,27,29,30). The molecule has 0 aliphatic rings. The van der Waals surface area contributed by atoms with Crippen molar-refractivity contribution < 1.29 is 14.3 Å². The van der Waals surface area contributed by atoms with Crippen LogP contribution in [0.1, 0.15) is 29.1 Å². The molecule has 0 spiro atoms.